The van der Waals surface area contributed by atoms with Gasteiger partial charge in [0.15, 0.2) is 0 Å². The topological polar surface area (TPSA) is 63.7 Å². The summed E-state index contributed by atoms with van der Waals surface area (Å²) in [5.74, 6) is 1.00. The van der Waals surface area contributed by atoms with Gasteiger partial charge in [-0.25, -0.2) is 4.98 Å². The molecule has 1 atom stereocenters. The predicted octanol–water partition coefficient (Wildman–Crippen LogP) is 3.54. The van der Waals surface area contributed by atoms with Crippen molar-refractivity contribution >= 4 is 23.2 Å². The molecule has 1 unspecified atom stereocenters. The zero-order chi connectivity index (χ0) is 19.2. The number of nitrogens with zero attached hydrogens (tertiary/aromatic N) is 2. The highest BCUT2D eigenvalue weighted by Crippen LogP contribution is 2.30. The van der Waals surface area contributed by atoms with E-state index in [0.29, 0.717) is 23.1 Å². The molecular weight excluding hydrogens is 366 g/mol. The highest BCUT2D eigenvalue weighted by Gasteiger charge is 2.24. The average molecular weight is 390 g/mol. The number of halogens is 1. The number of pyridine rings is 1. The first kappa shape index (κ1) is 19.3. The highest BCUT2D eigenvalue weighted by atomic mass is 35.5. The van der Waals surface area contributed by atoms with Crippen LogP contribution in [-0.4, -0.2) is 43.7 Å². The molecule has 2 heterocycles. The van der Waals surface area contributed by atoms with Gasteiger partial charge in [-0.15, -0.1) is 0 Å². The number of para-hydroxylation sites is 2. The molecule has 2 aromatic rings. The Kier molecular flexibility index (Phi) is 6.40. The van der Waals surface area contributed by atoms with Crippen LogP contribution in [0.1, 0.15) is 30.1 Å². The molecule has 1 aromatic carbocycles. The number of nitrogens with one attached hydrogen (secondary N) is 1. The van der Waals surface area contributed by atoms with E-state index in [1.54, 1.807) is 13.2 Å². The number of hydrogen-bond donors (Lipinski definition) is 1. The SMILES string of the molecule is CCOc1ncc(C(=O)NC2CCCN(c3ccccc3OC)C2)cc1Cl. The second kappa shape index (κ2) is 8.95. The lowest BCUT2D eigenvalue weighted by Crippen LogP contribution is -2.48. The lowest BCUT2D eigenvalue weighted by molar-refractivity contribution is 0.0932. The maximum Gasteiger partial charge on any atom is 0.253 e. The molecule has 3 rings (SSSR count). The van der Waals surface area contributed by atoms with Crippen molar-refractivity contribution in [1.82, 2.24) is 10.3 Å². The Bertz CT molecular complexity index is 800. The van der Waals surface area contributed by atoms with Crippen LogP contribution in [0.5, 0.6) is 11.6 Å². The number of carbonyl (C=O) groups excluding carboxylic acids is 1. The van der Waals surface area contributed by atoms with Gasteiger partial charge in [-0.2, -0.15) is 0 Å². The van der Waals surface area contributed by atoms with Gasteiger partial charge in [0.05, 0.1) is 25.0 Å². The predicted molar refractivity (Wildman–Crippen MR) is 106 cm³/mol. The zero-order valence-corrected chi connectivity index (χ0v) is 16.3. The summed E-state index contributed by atoms with van der Waals surface area (Å²) >= 11 is 6.14. The van der Waals surface area contributed by atoms with Crippen LogP contribution < -0.4 is 19.7 Å². The minimum Gasteiger partial charge on any atom is -0.495 e. The molecule has 1 saturated heterocycles. The molecule has 1 amide bonds. The minimum atomic E-state index is -0.181. The van der Waals surface area contributed by atoms with E-state index in [1.165, 1.54) is 6.20 Å². The van der Waals surface area contributed by atoms with Crippen molar-refractivity contribution in [2.24, 2.45) is 0 Å². The molecule has 1 aliphatic rings. The third-order valence-corrected chi connectivity index (χ3v) is 4.80. The number of hydrogen-bond acceptors (Lipinski definition) is 5. The fourth-order valence-electron chi connectivity index (χ4n) is 3.27. The third kappa shape index (κ3) is 4.63. The number of benzene rings is 1. The van der Waals surface area contributed by atoms with Crippen LogP contribution in [0.25, 0.3) is 0 Å². The van der Waals surface area contributed by atoms with Crippen LogP contribution in [0.3, 0.4) is 0 Å². The molecule has 1 aliphatic heterocycles. The van der Waals surface area contributed by atoms with Gasteiger partial charge < -0.3 is 19.7 Å². The van der Waals surface area contributed by atoms with E-state index in [-0.39, 0.29) is 11.9 Å². The second-order valence-corrected chi connectivity index (χ2v) is 6.78. The Balaban J connectivity index is 1.67. The van der Waals surface area contributed by atoms with Crippen molar-refractivity contribution in [3.05, 3.63) is 47.1 Å². The van der Waals surface area contributed by atoms with Crippen LogP contribution in [0.15, 0.2) is 36.5 Å². The van der Waals surface area contributed by atoms with Crippen molar-refractivity contribution in [2.45, 2.75) is 25.8 Å². The average Bonchev–Trinajstić information content (AvgIpc) is 2.69. The molecule has 144 valence electrons. The van der Waals surface area contributed by atoms with E-state index in [1.807, 2.05) is 31.2 Å². The van der Waals surface area contributed by atoms with E-state index < -0.39 is 0 Å². The summed E-state index contributed by atoms with van der Waals surface area (Å²) in [6.07, 6.45) is 3.41. The number of rotatable bonds is 6. The molecule has 1 fully saturated rings. The summed E-state index contributed by atoms with van der Waals surface area (Å²) in [6.45, 7) is 3.99. The van der Waals surface area contributed by atoms with Crippen LogP contribution in [-0.2, 0) is 0 Å². The van der Waals surface area contributed by atoms with E-state index in [0.717, 1.165) is 37.4 Å². The second-order valence-electron chi connectivity index (χ2n) is 6.37. The van der Waals surface area contributed by atoms with Gasteiger partial charge in [-0.3, -0.25) is 4.79 Å². The molecule has 0 saturated carbocycles. The first-order valence-corrected chi connectivity index (χ1v) is 9.47. The first-order chi connectivity index (χ1) is 13.1. The van der Waals surface area contributed by atoms with Gasteiger partial charge in [0.25, 0.3) is 5.91 Å². The Morgan fingerprint density at radius 2 is 2.22 bits per heavy atom. The molecule has 27 heavy (non-hydrogen) atoms. The van der Waals surface area contributed by atoms with Gasteiger partial charge in [0.2, 0.25) is 5.88 Å². The van der Waals surface area contributed by atoms with E-state index >= 15 is 0 Å². The largest absolute Gasteiger partial charge is 0.495 e. The maximum absolute atomic E-state index is 12.6. The van der Waals surface area contributed by atoms with Crippen molar-refractivity contribution in [1.29, 1.82) is 0 Å². The smallest absolute Gasteiger partial charge is 0.253 e. The van der Waals surface area contributed by atoms with Crippen molar-refractivity contribution in [3.63, 3.8) is 0 Å². The molecule has 0 aliphatic carbocycles. The normalized spacial score (nSPS) is 16.7. The number of aromatic nitrogens is 1. The number of carbonyl (C=O) groups is 1. The van der Waals surface area contributed by atoms with Crippen molar-refractivity contribution in [3.8, 4) is 11.6 Å². The third-order valence-electron chi connectivity index (χ3n) is 4.53. The summed E-state index contributed by atoms with van der Waals surface area (Å²) in [4.78, 5) is 19.0. The standard InChI is InChI=1S/C20H24ClN3O3/c1-3-27-20-16(21)11-14(12-22-20)19(25)23-15-7-6-10-24(13-15)17-8-4-5-9-18(17)26-2/h4-5,8-9,11-12,15H,3,6-7,10,13H2,1-2H3,(H,23,25). The number of anilines is 1. The van der Waals surface area contributed by atoms with E-state index in [4.69, 9.17) is 21.1 Å². The van der Waals surface area contributed by atoms with Crippen LogP contribution in [0.2, 0.25) is 5.02 Å². The fraction of sp³-hybridized carbons (Fsp3) is 0.400. The maximum atomic E-state index is 12.6. The Labute approximate surface area is 164 Å². The molecule has 0 radical (unpaired) electrons. The van der Waals surface area contributed by atoms with Crippen molar-refractivity contribution < 1.29 is 14.3 Å². The molecule has 1 aromatic heterocycles. The number of methoxy groups -OCH3 is 1. The zero-order valence-electron chi connectivity index (χ0n) is 15.6. The Morgan fingerprint density at radius 1 is 1.41 bits per heavy atom. The van der Waals surface area contributed by atoms with Crippen LogP contribution in [0, 0.1) is 0 Å². The summed E-state index contributed by atoms with van der Waals surface area (Å²) in [5.41, 5.74) is 1.47. The number of ether oxygens (including phenoxy) is 2. The first-order valence-electron chi connectivity index (χ1n) is 9.09. The summed E-state index contributed by atoms with van der Waals surface area (Å²) < 4.78 is 10.8. The van der Waals surface area contributed by atoms with E-state index in [2.05, 4.69) is 15.2 Å². The van der Waals surface area contributed by atoms with Gasteiger partial charge in [-0.05, 0) is 38.0 Å². The Hall–Kier alpha value is -2.47. The monoisotopic (exact) mass is 389 g/mol. The van der Waals surface area contributed by atoms with Gasteiger partial charge in [-0.1, -0.05) is 23.7 Å². The summed E-state index contributed by atoms with van der Waals surface area (Å²) in [5, 5.41) is 3.43. The molecule has 1 N–H and O–H groups in total. The molecule has 6 nitrogen and oxygen atoms in total. The van der Waals surface area contributed by atoms with Crippen LogP contribution >= 0.6 is 11.6 Å². The molecule has 7 heteroatoms. The molecule has 0 bridgehead atoms. The Morgan fingerprint density at radius 3 is 2.96 bits per heavy atom. The minimum absolute atomic E-state index is 0.0431. The molecular formula is C20H24ClN3O3. The molecule has 0 spiro atoms. The fourth-order valence-corrected chi connectivity index (χ4v) is 3.49. The van der Waals surface area contributed by atoms with E-state index in [9.17, 15) is 4.79 Å². The van der Waals surface area contributed by atoms with Gasteiger partial charge >= 0.3 is 0 Å². The van der Waals surface area contributed by atoms with Gasteiger partial charge in [0, 0.05) is 25.3 Å². The summed E-state index contributed by atoms with van der Waals surface area (Å²) in [6, 6.07) is 9.57. The van der Waals surface area contributed by atoms with Gasteiger partial charge in [0.1, 0.15) is 10.8 Å². The number of amides is 1. The quantitative estimate of drug-likeness (QED) is 0.818. The van der Waals surface area contributed by atoms with Crippen LogP contribution in [0.4, 0.5) is 5.69 Å². The number of piperidine rings is 1. The lowest BCUT2D eigenvalue weighted by atomic mass is 10.0. The van der Waals surface area contributed by atoms with Crippen molar-refractivity contribution in [2.75, 3.05) is 31.7 Å². The highest BCUT2D eigenvalue weighted by molar-refractivity contribution is 6.32. The summed E-state index contributed by atoms with van der Waals surface area (Å²) in [7, 11) is 1.67. The lowest BCUT2D eigenvalue weighted by Gasteiger charge is -2.35.